The Kier molecular flexibility index (Phi) is 6.27. The van der Waals surface area contributed by atoms with E-state index in [4.69, 9.17) is 15.7 Å². The van der Waals surface area contributed by atoms with Gasteiger partial charge in [0.05, 0.1) is 5.69 Å². The van der Waals surface area contributed by atoms with Crippen molar-refractivity contribution in [1.82, 2.24) is 9.97 Å². The lowest BCUT2D eigenvalue weighted by atomic mass is 9.86. The number of carbonyl (C=O) groups is 1. The second-order valence-electron chi connectivity index (χ2n) is 6.99. The summed E-state index contributed by atoms with van der Waals surface area (Å²) in [6, 6.07) is 0.335. The monoisotopic (exact) mass is 353 g/mol. The van der Waals surface area contributed by atoms with Crippen LogP contribution in [0.1, 0.15) is 49.8 Å². The van der Waals surface area contributed by atoms with E-state index in [1.54, 1.807) is 0 Å². The molecule has 134 valence electrons. The minimum absolute atomic E-state index is 0. The number of halogens is 1. The molecule has 1 aromatic heterocycles. The third-order valence-corrected chi connectivity index (χ3v) is 5.05. The number of rotatable bonds is 4. The molecule has 7 heteroatoms. The molecule has 0 spiro atoms. The van der Waals surface area contributed by atoms with Crippen LogP contribution in [0.15, 0.2) is 0 Å². The van der Waals surface area contributed by atoms with Crippen molar-refractivity contribution in [1.29, 1.82) is 0 Å². The third-order valence-electron chi connectivity index (χ3n) is 5.05. The number of aryl methyl sites for hydroxylation is 1. The van der Waals surface area contributed by atoms with Crippen molar-refractivity contribution < 1.29 is 4.79 Å². The number of amides is 1. The number of anilines is 2. The molecule has 0 radical (unpaired) electrons. The summed E-state index contributed by atoms with van der Waals surface area (Å²) >= 11 is 0. The molecule has 0 aliphatic heterocycles. The number of fused-ring (bicyclic) bond motifs is 1. The number of nitrogens with one attached hydrogen (secondary N) is 1. The first kappa shape index (κ1) is 18.8. The van der Waals surface area contributed by atoms with Crippen molar-refractivity contribution in [3.05, 3.63) is 11.3 Å². The van der Waals surface area contributed by atoms with Gasteiger partial charge in [-0.25, -0.2) is 4.98 Å². The zero-order valence-corrected chi connectivity index (χ0v) is 15.4. The van der Waals surface area contributed by atoms with Crippen LogP contribution in [0.4, 0.5) is 11.8 Å². The normalized spacial score (nSPS) is 22.9. The largest absolute Gasteiger partial charge is 0.369 e. The van der Waals surface area contributed by atoms with Gasteiger partial charge >= 0.3 is 0 Å². The van der Waals surface area contributed by atoms with Gasteiger partial charge in [0.15, 0.2) is 0 Å². The molecule has 2 aliphatic rings. The van der Waals surface area contributed by atoms with Crippen molar-refractivity contribution in [2.45, 2.75) is 57.4 Å². The van der Waals surface area contributed by atoms with Crippen LogP contribution in [0.25, 0.3) is 0 Å². The molecule has 3 N–H and O–H groups in total. The Labute approximate surface area is 150 Å². The molecule has 0 bridgehead atoms. The van der Waals surface area contributed by atoms with Crippen molar-refractivity contribution in [3.8, 4) is 0 Å². The molecule has 24 heavy (non-hydrogen) atoms. The van der Waals surface area contributed by atoms with Crippen molar-refractivity contribution in [3.63, 3.8) is 0 Å². The quantitative estimate of drug-likeness (QED) is 0.867. The van der Waals surface area contributed by atoms with E-state index in [9.17, 15) is 4.79 Å². The Morgan fingerprint density at radius 1 is 1.12 bits per heavy atom. The van der Waals surface area contributed by atoms with Crippen LogP contribution in [-0.2, 0) is 17.6 Å². The summed E-state index contributed by atoms with van der Waals surface area (Å²) in [6.45, 7) is 0. The maximum Gasteiger partial charge on any atom is 0.225 e. The van der Waals surface area contributed by atoms with Gasteiger partial charge in [-0.05, 0) is 51.4 Å². The number of nitrogens with two attached hydrogens (primary N) is 1. The molecule has 1 saturated carbocycles. The summed E-state index contributed by atoms with van der Waals surface area (Å²) < 4.78 is 0. The Hall–Kier alpha value is -1.56. The molecular weight excluding hydrogens is 326 g/mol. The number of aromatic nitrogens is 2. The van der Waals surface area contributed by atoms with E-state index in [1.165, 1.54) is 24.1 Å². The van der Waals surface area contributed by atoms with Crippen LogP contribution in [0.5, 0.6) is 0 Å². The highest BCUT2D eigenvalue weighted by Crippen LogP contribution is 2.30. The Balaban J connectivity index is 0.00000208. The van der Waals surface area contributed by atoms with Gasteiger partial charge in [-0.1, -0.05) is 0 Å². The van der Waals surface area contributed by atoms with Gasteiger partial charge in [-0.2, -0.15) is 4.98 Å². The first-order chi connectivity index (χ1) is 11.0. The first-order valence-electron chi connectivity index (χ1n) is 8.67. The number of carbonyl (C=O) groups excluding carboxylic acids is 1. The molecule has 1 amide bonds. The van der Waals surface area contributed by atoms with Crippen LogP contribution in [0.3, 0.4) is 0 Å². The van der Waals surface area contributed by atoms with E-state index in [1.807, 2.05) is 14.1 Å². The lowest BCUT2D eigenvalue weighted by Gasteiger charge is -2.28. The third kappa shape index (κ3) is 4.09. The van der Waals surface area contributed by atoms with E-state index < -0.39 is 0 Å². The maximum absolute atomic E-state index is 11.3. The van der Waals surface area contributed by atoms with Crippen LogP contribution < -0.4 is 16.0 Å². The highest BCUT2D eigenvalue weighted by molar-refractivity contribution is 5.85. The molecule has 2 aliphatic carbocycles. The molecular formula is C17H28ClN5O. The minimum Gasteiger partial charge on any atom is -0.369 e. The topological polar surface area (TPSA) is 84.1 Å². The van der Waals surface area contributed by atoms with E-state index in [0.29, 0.717) is 6.04 Å². The average molecular weight is 354 g/mol. The zero-order valence-electron chi connectivity index (χ0n) is 14.5. The Morgan fingerprint density at radius 3 is 2.42 bits per heavy atom. The molecule has 0 unspecified atom stereocenters. The lowest BCUT2D eigenvalue weighted by molar-refractivity contribution is -0.122. The molecule has 1 heterocycles. The van der Waals surface area contributed by atoms with E-state index >= 15 is 0 Å². The predicted molar refractivity (Wildman–Crippen MR) is 98.8 cm³/mol. The second-order valence-corrected chi connectivity index (χ2v) is 6.99. The number of hydrogen-bond acceptors (Lipinski definition) is 5. The molecule has 0 aromatic carbocycles. The molecule has 1 fully saturated rings. The minimum atomic E-state index is -0.164. The molecule has 3 rings (SSSR count). The highest BCUT2D eigenvalue weighted by atomic mass is 35.5. The zero-order chi connectivity index (χ0) is 16.4. The highest BCUT2D eigenvalue weighted by Gasteiger charge is 2.26. The van der Waals surface area contributed by atoms with Gasteiger partial charge in [-0.15, -0.1) is 12.4 Å². The van der Waals surface area contributed by atoms with Gasteiger partial charge in [-0.3, -0.25) is 4.79 Å². The van der Waals surface area contributed by atoms with Crippen LogP contribution in [-0.4, -0.2) is 36.0 Å². The summed E-state index contributed by atoms with van der Waals surface area (Å²) in [5.41, 5.74) is 7.91. The second kappa shape index (κ2) is 8.01. The number of hydrogen-bond donors (Lipinski definition) is 2. The maximum atomic E-state index is 11.3. The Bertz CT molecular complexity index is 585. The summed E-state index contributed by atoms with van der Waals surface area (Å²) in [7, 11) is 4.08. The van der Waals surface area contributed by atoms with Crippen LogP contribution >= 0.6 is 12.4 Å². The molecule has 1 aromatic rings. The first-order valence-corrected chi connectivity index (χ1v) is 8.67. The van der Waals surface area contributed by atoms with E-state index in [0.717, 1.165) is 50.3 Å². The number of primary amides is 1. The number of nitrogens with zero attached hydrogens (tertiary/aromatic N) is 3. The summed E-state index contributed by atoms with van der Waals surface area (Å²) in [4.78, 5) is 22.9. The molecule has 6 nitrogen and oxygen atoms in total. The average Bonchev–Trinajstić information content (AvgIpc) is 2.54. The summed E-state index contributed by atoms with van der Waals surface area (Å²) in [6.07, 6.45) is 8.17. The van der Waals surface area contributed by atoms with Gasteiger partial charge in [0.25, 0.3) is 0 Å². The summed E-state index contributed by atoms with van der Waals surface area (Å²) in [5, 5.41) is 3.48. The smallest absolute Gasteiger partial charge is 0.225 e. The van der Waals surface area contributed by atoms with Crippen LogP contribution in [0.2, 0.25) is 0 Å². The lowest BCUT2D eigenvalue weighted by Crippen LogP contribution is -2.33. The van der Waals surface area contributed by atoms with Gasteiger partial charge in [0.1, 0.15) is 5.82 Å². The van der Waals surface area contributed by atoms with Gasteiger partial charge in [0.2, 0.25) is 11.9 Å². The fourth-order valence-corrected chi connectivity index (χ4v) is 3.71. The summed E-state index contributed by atoms with van der Waals surface area (Å²) in [5.74, 6) is 1.65. The Morgan fingerprint density at radius 2 is 1.79 bits per heavy atom. The van der Waals surface area contributed by atoms with Crippen molar-refractivity contribution in [2.75, 3.05) is 24.3 Å². The van der Waals surface area contributed by atoms with E-state index in [-0.39, 0.29) is 24.2 Å². The molecule has 0 saturated heterocycles. The van der Waals surface area contributed by atoms with Gasteiger partial charge in [0, 0.05) is 31.6 Å². The predicted octanol–water partition coefficient (Wildman–Crippen LogP) is 2.30. The standard InChI is InChI=1S/C17H27N5O.ClH/c1-22(2)16-13-5-3-4-6-14(13)20-17(21-16)19-12-9-7-11(8-10-12)15(18)23;/h11-12H,3-10H2,1-2H3,(H2,18,23)(H,19,20,21);1H. The SMILES string of the molecule is CN(C)c1nc(NC2CCC(C(N)=O)CC2)nc2c1CCCC2.Cl. The fraction of sp³-hybridized carbons (Fsp3) is 0.706. The van der Waals surface area contributed by atoms with Gasteiger partial charge < -0.3 is 16.0 Å². The van der Waals surface area contributed by atoms with Crippen molar-refractivity contribution >= 4 is 30.1 Å². The fourth-order valence-electron chi connectivity index (χ4n) is 3.71. The van der Waals surface area contributed by atoms with Crippen LogP contribution in [0, 0.1) is 5.92 Å². The van der Waals surface area contributed by atoms with Crippen molar-refractivity contribution in [2.24, 2.45) is 11.7 Å². The molecule has 0 atom stereocenters. The van der Waals surface area contributed by atoms with E-state index in [2.05, 4.69) is 10.2 Å².